The lowest BCUT2D eigenvalue weighted by Crippen LogP contribution is -2.20. The molecule has 0 spiro atoms. The summed E-state index contributed by atoms with van der Waals surface area (Å²) in [5.74, 6) is 0.994. The van der Waals surface area contributed by atoms with E-state index in [1.54, 1.807) is 0 Å². The molecule has 0 saturated carbocycles. The van der Waals surface area contributed by atoms with E-state index in [0.717, 1.165) is 18.7 Å². The molecule has 19 heavy (non-hydrogen) atoms. The average Bonchev–Trinajstić information content (AvgIpc) is 2.35. The predicted octanol–water partition coefficient (Wildman–Crippen LogP) is 4.40. The van der Waals surface area contributed by atoms with Crippen LogP contribution >= 0.6 is 0 Å². The molecule has 1 rings (SSSR count). The second-order valence-corrected chi connectivity index (χ2v) is 5.31. The van der Waals surface area contributed by atoms with Crippen LogP contribution in [0, 0.1) is 6.92 Å². The smallest absolute Gasteiger partial charge is 0.124 e. The highest BCUT2D eigenvalue weighted by atomic mass is 16.5. The molecule has 2 heteroatoms. The maximum Gasteiger partial charge on any atom is 0.124 e. The Morgan fingerprint density at radius 1 is 1.37 bits per heavy atom. The summed E-state index contributed by atoms with van der Waals surface area (Å²) in [7, 11) is 0. The number of hydrogen-bond acceptors (Lipinski definition) is 2. The zero-order valence-corrected chi connectivity index (χ0v) is 12.9. The second kappa shape index (κ2) is 8.00. The van der Waals surface area contributed by atoms with Crippen LogP contribution in [-0.2, 0) is 0 Å². The fraction of sp³-hybridized carbons (Fsp3) is 0.529. The van der Waals surface area contributed by atoms with Crippen molar-refractivity contribution in [1.82, 2.24) is 5.32 Å². The van der Waals surface area contributed by atoms with Crippen LogP contribution in [0.5, 0.6) is 5.75 Å². The van der Waals surface area contributed by atoms with Gasteiger partial charge in [-0.2, -0.15) is 0 Å². The molecule has 1 unspecified atom stereocenters. The van der Waals surface area contributed by atoms with Gasteiger partial charge in [-0.15, -0.1) is 0 Å². The topological polar surface area (TPSA) is 21.3 Å². The van der Waals surface area contributed by atoms with Crippen LogP contribution in [0.2, 0.25) is 0 Å². The molecule has 0 saturated heterocycles. The first kappa shape index (κ1) is 15.8. The molecule has 0 amide bonds. The number of rotatable bonds is 7. The molecule has 1 N–H and O–H groups in total. The minimum atomic E-state index is 0.322. The third-order valence-corrected chi connectivity index (χ3v) is 3.07. The summed E-state index contributed by atoms with van der Waals surface area (Å²) in [5, 5.41) is 3.51. The number of aryl methyl sites for hydroxylation is 1. The molecule has 0 aliphatic heterocycles. The molecule has 0 heterocycles. The van der Waals surface area contributed by atoms with Crippen LogP contribution in [-0.4, -0.2) is 13.2 Å². The summed E-state index contributed by atoms with van der Waals surface area (Å²) in [6.45, 7) is 12.3. The van der Waals surface area contributed by atoms with Gasteiger partial charge in [-0.1, -0.05) is 24.6 Å². The number of nitrogens with one attached hydrogen (secondary N) is 1. The van der Waals surface area contributed by atoms with E-state index in [1.165, 1.54) is 16.7 Å². The minimum Gasteiger partial charge on any atom is -0.489 e. The Kier molecular flexibility index (Phi) is 6.65. The van der Waals surface area contributed by atoms with Crippen LogP contribution in [0.3, 0.4) is 0 Å². The van der Waals surface area contributed by atoms with Crippen molar-refractivity contribution in [3.05, 3.63) is 41.0 Å². The third-order valence-electron chi connectivity index (χ3n) is 3.07. The summed E-state index contributed by atoms with van der Waals surface area (Å²) in [5.41, 5.74) is 3.76. The van der Waals surface area contributed by atoms with Gasteiger partial charge in [0.1, 0.15) is 12.4 Å². The van der Waals surface area contributed by atoms with Crippen molar-refractivity contribution in [2.45, 2.75) is 47.1 Å². The van der Waals surface area contributed by atoms with E-state index in [-0.39, 0.29) is 0 Å². The Hall–Kier alpha value is -1.28. The van der Waals surface area contributed by atoms with Gasteiger partial charge in [0, 0.05) is 11.6 Å². The van der Waals surface area contributed by atoms with Crippen LogP contribution in [0.25, 0.3) is 0 Å². The van der Waals surface area contributed by atoms with Gasteiger partial charge >= 0.3 is 0 Å². The largest absolute Gasteiger partial charge is 0.489 e. The monoisotopic (exact) mass is 261 g/mol. The molecular weight excluding hydrogens is 234 g/mol. The molecule has 1 atom stereocenters. The summed E-state index contributed by atoms with van der Waals surface area (Å²) in [6.07, 6.45) is 3.25. The maximum atomic E-state index is 5.91. The van der Waals surface area contributed by atoms with Crippen molar-refractivity contribution in [3.8, 4) is 5.75 Å². The number of allylic oxidation sites excluding steroid dienone is 1. The van der Waals surface area contributed by atoms with E-state index in [1.807, 2.05) is 0 Å². The highest BCUT2D eigenvalue weighted by Crippen LogP contribution is 2.26. The van der Waals surface area contributed by atoms with Gasteiger partial charge in [0.15, 0.2) is 0 Å². The Bertz CT molecular complexity index is 419. The van der Waals surface area contributed by atoms with Crippen molar-refractivity contribution in [2.75, 3.05) is 13.2 Å². The standard InChI is InChI=1S/C17H27NO/c1-6-10-18-15(5)16-8-7-14(4)12-17(16)19-11-9-13(2)3/h7-9,12,15,18H,6,10-11H2,1-5H3. The van der Waals surface area contributed by atoms with E-state index in [2.05, 4.69) is 64.2 Å². The van der Waals surface area contributed by atoms with Gasteiger partial charge in [-0.05, 0) is 58.4 Å². The van der Waals surface area contributed by atoms with Gasteiger partial charge in [0.2, 0.25) is 0 Å². The molecule has 0 aliphatic rings. The Labute approximate surface area is 117 Å². The third kappa shape index (κ3) is 5.48. The number of hydrogen-bond donors (Lipinski definition) is 1. The summed E-state index contributed by atoms with van der Waals surface area (Å²) in [4.78, 5) is 0. The Morgan fingerprint density at radius 2 is 2.11 bits per heavy atom. The molecule has 1 aromatic carbocycles. The van der Waals surface area contributed by atoms with Crippen molar-refractivity contribution in [3.63, 3.8) is 0 Å². The fourth-order valence-corrected chi connectivity index (χ4v) is 1.89. The summed E-state index contributed by atoms with van der Waals surface area (Å²) in [6, 6.07) is 6.76. The lowest BCUT2D eigenvalue weighted by molar-refractivity contribution is 0.352. The van der Waals surface area contributed by atoms with E-state index in [9.17, 15) is 0 Å². The van der Waals surface area contributed by atoms with Crippen LogP contribution in [0.4, 0.5) is 0 Å². The van der Waals surface area contributed by atoms with Crippen molar-refractivity contribution >= 4 is 0 Å². The van der Waals surface area contributed by atoms with Crippen LogP contribution < -0.4 is 10.1 Å². The quantitative estimate of drug-likeness (QED) is 0.734. The van der Waals surface area contributed by atoms with E-state index >= 15 is 0 Å². The van der Waals surface area contributed by atoms with Crippen molar-refractivity contribution in [2.24, 2.45) is 0 Å². The first-order valence-corrected chi connectivity index (χ1v) is 7.14. The molecule has 0 radical (unpaired) electrons. The SMILES string of the molecule is CCCNC(C)c1ccc(C)cc1OCC=C(C)C. The van der Waals surface area contributed by atoms with Gasteiger partial charge in [0.25, 0.3) is 0 Å². The van der Waals surface area contributed by atoms with E-state index in [4.69, 9.17) is 4.74 Å². The maximum absolute atomic E-state index is 5.91. The molecular formula is C17H27NO. The van der Waals surface area contributed by atoms with Crippen molar-refractivity contribution < 1.29 is 4.74 Å². The lowest BCUT2D eigenvalue weighted by atomic mass is 10.0. The second-order valence-electron chi connectivity index (χ2n) is 5.31. The summed E-state index contributed by atoms with van der Waals surface area (Å²) < 4.78 is 5.91. The van der Waals surface area contributed by atoms with Gasteiger partial charge in [0.05, 0.1) is 0 Å². The highest BCUT2D eigenvalue weighted by Gasteiger charge is 2.10. The van der Waals surface area contributed by atoms with Crippen molar-refractivity contribution in [1.29, 1.82) is 0 Å². The van der Waals surface area contributed by atoms with E-state index < -0.39 is 0 Å². The van der Waals surface area contributed by atoms with E-state index in [0.29, 0.717) is 12.6 Å². The Balaban J connectivity index is 2.81. The highest BCUT2D eigenvalue weighted by molar-refractivity contribution is 5.39. The molecule has 0 bridgehead atoms. The lowest BCUT2D eigenvalue weighted by Gasteiger charge is -2.18. The Morgan fingerprint density at radius 3 is 2.74 bits per heavy atom. The molecule has 2 nitrogen and oxygen atoms in total. The van der Waals surface area contributed by atoms with Gasteiger partial charge in [-0.3, -0.25) is 0 Å². The van der Waals surface area contributed by atoms with Crippen LogP contribution in [0.1, 0.15) is 51.3 Å². The van der Waals surface area contributed by atoms with Gasteiger partial charge < -0.3 is 10.1 Å². The first-order valence-electron chi connectivity index (χ1n) is 7.14. The fourth-order valence-electron chi connectivity index (χ4n) is 1.89. The van der Waals surface area contributed by atoms with Gasteiger partial charge in [-0.25, -0.2) is 0 Å². The minimum absolute atomic E-state index is 0.322. The molecule has 0 aromatic heterocycles. The zero-order chi connectivity index (χ0) is 14.3. The predicted molar refractivity (Wildman–Crippen MR) is 82.8 cm³/mol. The molecule has 0 aliphatic carbocycles. The molecule has 106 valence electrons. The average molecular weight is 261 g/mol. The number of benzene rings is 1. The molecule has 1 aromatic rings. The summed E-state index contributed by atoms with van der Waals surface area (Å²) >= 11 is 0. The normalized spacial score (nSPS) is 12.1. The van der Waals surface area contributed by atoms with Crippen LogP contribution in [0.15, 0.2) is 29.8 Å². The zero-order valence-electron chi connectivity index (χ0n) is 12.9. The molecule has 0 fully saturated rings. The number of ether oxygens (including phenoxy) is 1. The first-order chi connectivity index (χ1) is 9.04.